The van der Waals surface area contributed by atoms with Crippen molar-refractivity contribution in [1.82, 2.24) is 0 Å². The molecule has 0 radical (unpaired) electrons. The fraction of sp³-hybridized carbons (Fsp3) is 0.429. The fourth-order valence-electron chi connectivity index (χ4n) is 1.85. The molecule has 2 amide bonds. The van der Waals surface area contributed by atoms with Gasteiger partial charge in [0.1, 0.15) is 5.88 Å². The van der Waals surface area contributed by atoms with Crippen LogP contribution in [0.1, 0.15) is 11.1 Å². The second-order valence-corrected chi connectivity index (χ2v) is 4.96. The van der Waals surface area contributed by atoms with Crippen molar-refractivity contribution in [3.8, 4) is 0 Å². The second kappa shape index (κ2) is 10.5. The van der Waals surface area contributed by atoms with E-state index in [-0.39, 0.29) is 11.8 Å². The van der Waals surface area contributed by atoms with Gasteiger partial charge in [0.05, 0.1) is 6.61 Å². The molecule has 0 saturated carbocycles. The molecule has 5 nitrogen and oxygen atoms in total. The Balaban J connectivity index is 0.000000885. The third-order valence-corrected chi connectivity index (χ3v) is 2.87. The van der Waals surface area contributed by atoms with Gasteiger partial charge in [-0.2, -0.15) is 0 Å². The summed E-state index contributed by atoms with van der Waals surface area (Å²) in [5.74, 6) is -0.113. The van der Waals surface area contributed by atoms with E-state index in [9.17, 15) is 4.79 Å². The molecule has 7 heteroatoms. The van der Waals surface area contributed by atoms with Gasteiger partial charge in [0.2, 0.25) is 5.91 Å². The molecule has 1 aromatic carbocycles. The minimum absolute atomic E-state index is 0.0164. The van der Waals surface area contributed by atoms with Crippen molar-refractivity contribution in [3.63, 3.8) is 0 Å². The molecule has 0 bridgehead atoms. The highest BCUT2D eigenvalue weighted by Crippen LogP contribution is 2.24. The van der Waals surface area contributed by atoms with Gasteiger partial charge in [-0.05, 0) is 25.0 Å². The number of para-hydroxylation sites is 1. The summed E-state index contributed by atoms with van der Waals surface area (Å²) in [5.41, 5.74) is 7.41. The fourth-order valence-corrected chi connectivity index (χ4v) is 1.99. The highest BCUT2D eigenvalue weighted by molar-refractivity contribution is 7.96. The molecule has 0 saturated heterocycles. The van der Waals surface area contributed by atoms with Crippen LogP contribution in [0.5, 0.6) is 0 Å². The molecular weight excluding hydrogens is 312 g/mol. The van der Waals surface area contributed by atoms with Crippen molar-refractivity contribution in [2.75, 3.05) is 31.0 Å². The van der Waals surface area contributed by atoms with Gasteiger partial charge < -0.3 is 15.4 Å². The molecule has 0 aliphatic carbocycles. The molecule has 0 fully saturated rings. The first kappa shape index (κ1) is 19.8. The number of halogens is 1. The summed E-state index contributed by atoms with van der Waals surface area (Å²) < 4.78 is 5.03. The lowest BCUT2D eigenvalue weighted by atomic mass is 10.1. The van der Waals surface area contributed by atoms with Crippen LogP contribution in [0.25, 0.3) is 0 Å². The lowest BCUT2D eigenvalue weighted by molar-refractivity contribution is -0.116. The number of anilines is 1. The van der Waals surface area contributed by atoms with Crippen LogP contribution in [-0.4, -0.2) is 37.3 Å². The molecule has 0 aliphatic heterocycles. The molecule has 0 unspecified atom stereocenters. The zero-order chi connectivity index (χ0) is 16.4. The normalized spacial score (nSPS) is 9.57. The third-order valence-electron chi connectivity index (χ3n) is 2.64. The zero-order valence-electron chi connectivity index (χ0n) is 12.4. The van der Waals surface area contributed by atoms with Crippen molar-refractivity contribution in [2.24, 2.45) is 5.73 Å². The number of hydrogen-bond acceptors (Lipinski definition) is 3. The molecule has 0 atom stereocenters. The molecule has 1 aromatic rings. The van der Waals surface area contributed by atoms with Gasteiger partial charge in [-0.25, -0.2) is 0 Å². The van der Waals surface area contributed by atoms with E-state index in [1.165, 1.54) is 0 Å². The Morgan fingerprint density at radius 1 is 1.33 bits per heavy atom. The summed E-state index contributed by atoms with van der Waals surface area (Å²) in [4.78, 5) is 22.6. The van der Waals surface area contributed by atoms with E-state index in [0.29, 0.717) is 13.2 Å². The van der Waals surface area contributed by atoms with E-state index in [1.54, 1.807) is 12.0 Å². The van der Waals surface area contributed by atoms with Gasteiger partial charge in [0.25, 0.3) is 5.24 Å². The van der Waals surface area contributed by atoms with Crippen LogP contribution in [0.4, 0.5) is 10.5 Å². The zero-order valence-corrected chi connectivity index (χ0v) is 14.1. The van der Waals surface area contributed by atoms with Crippen molar-refractivity contribution in [2.45, 2.75) is 13.8 Å². The van der Waals surface area contributed by atoms with E-state index < -0.39 is 5.24 Å². The maximum Gasteiger partial charge on any atom is 0.273 e. The number of ether oxygens (including phenoxy) is 1. The van der Waals surface area contributed by atoms with Crippen molar-refractivity contribution < 1.29 is 14.3 Å². The largest absolute Gasteiger partial charge is 0.383 e. The number of aryl methyl sites for hydroxylation is 2. The Labute approximate surface area is 135 Å². The van der Waals surface area contributed by atoms with Gasteiger partial charge in [-0.15, -0.1) is 11.6 Å². The molecular formula is C14H21ClN2O3S. The Morgan fingerprint density at radius 2 is 1.81 bits per heavy atom. The molecule has 118 valence electrons. The van der Waals surface area contributed by atoms with Crippen LogP contribution in [-0.2, 0) is 9.53 Å². The maximum atomic E-state index is 11.9. The van der Waals surface area contributed by atoms with E-state index in [2.05, 4.69) is 18.4 Å². The smallest absolute Gasteiger partial charge is 0.273 e. The summed E-state index contributed by atoms with van der Waals surface area (Å²) in [6.07, 6.45) is 0. The molecule has 0 heterocycles. The van der Waals surface area contributed by atoms with Gasteiger partial charge in [0.15, 0.2) is 0 Å². The SMILES string of the molecule is COCCN(C(=O)CCl)c1c(C)cccc1C.NC(=O)S. The van der Waals surface area contributed by atoms with E-state index in [0.717, 1.165) is 16.8 Å². The highest BCUT2D eigenvalue weighted by atomic mass is 35.5. The lowest BCUT2D eigenvalue weighted by Crippen LogP contribution is -2.35. The number of nitrogens with zero attached hydrogens (tertiary/aromatic N) is 1. The van der Waals surface area contributed by atoms with Crippen molar-refractivity contribution >= 4 is 41.1 Å². The van der Waals surface area contributed by atoms with Crippen molar-refractivity contribution in [3.05, 3.63) is 29.3 Å². The minimum atomic E-state index is -0.639. The minimum Gasteiger partial charge on any atom is -0.383 e. The van der Waals surface area contributed by atoms with Crippen LogP contribution >= 0.6 is 24.2 Å². The maximum absolute atomic E-state index is 11.9. The number of alkyl halides is 1. The Kier molecular flexibility index (Phi) is 9.86. The monoisotopic (exact) mass is 332 g/mol. The van der Waals surface area contributed by atoms with Crippen LogP contribution in [0.15, 0.2) is 18.2 Å². The topological polar surface area (TPSA) is 72.6 Å². The number of benzene rings is 1. The first-order valence-electron chi connectivity index (χ1n) is 6.25. The van der Waals surface area contributed by atoms with Crippen LogP contribution in [0.3, 0.4) is 0 Å². The Bertz CT molecular complexity index is 459. The number of methoxy groups -OCH3 is 1. The van der Waals surface area contributed by atoms with Crippen LogP contribution in [0, 0.1) is 13.8 Å². The van der Waals surface area contributed by atoms with Gasteiger partial charge >= 0.3 is 0 Å². The van der Waals surface area contributed by atoms with Crippen molar-refractivity contribution in [1.29, 1.82) is 0 Å². The number of amides is 2. The standard InChI is InChI=1S/C13H18ClNO2.CH3NOS/c1-10-5-4-6-11(2)13(10)15(7-8-17-3)12(16)9-14;2-1(3)4/h4-6H,7-9H2,1-3H3;(H3,2,3,4). The number of primary amides is 1. The number of nitrogens with two attached hydrogens (primary N) is 1. The first-order chi connectivity index (χ1) is 9.84. The Morgan fingerprint density at radius 3 is 2.19 bits per heavy atom. The number of carbonyl (C=O) groups excluding carboxylic acids is 2. The number of carbonyl (C=O) groups is 2. The molecule has 0 spiro atoms. The van der Waals surface area contributed by atoms with Gasteiger partial charge in [-0.3, -0.25) is 9.59 Å². The average molecular weight is 333 g/mol. The van der Waals surface area contributed by atoms with Gasteiger partial charge in [-0.1, -0.05) is 30.8 Å². The molecule has 0 aromatic heterocycles. The molecule has 2 N–H and O–H groups in total. The summed E-state index contributed by atoms with van der Waals surface area (Å²) in [7, 11) is 1.62. The predicted molar refractivity (Wildman–Crippen MR) is 89.4 cm³/mol. The molecule has 0 aliphatic rings. The average Bonchev–Trinajstić information content (AvgIpc) is 2.40. The second-order valence-electron chi connectivity index (χ2n) is 4.25. The molecule has 1 rings (SSSR count). The van der Waals surface area contributed by atoms with E-state index in [1.807, 2.05) is 32.0 Å². The predicted octanol–water partition coefficient (Wildman–Crippen LogP) is 2.52. The van der Waals surface area contributed by atoms with Crippen LogP contribution < -0.4 is 10.6 Å². The quantitative estimate of drug-likeness (QED) is 0.643. The van der Waals surface area contributed by atoms with E-state index in [4.69, 9.17) is 21.1 Å². The van der Waals surface area contributed by atoms with Crippen LogP contribution in [0.2, 0.25) is 0 Å². The molecule has 21 heavy (non-hydrogen) atoms. The summed E-state index contributed by atoms with van der Waals surface area (Å²) in [6, 6.07) is 5.96. The number of rotatable bonds is 5. The number of thiol groups is 1. The summed E-state index contributed by atoms with van der Waals surface area (Å²) in [6.45, 7) is 5.00. The highest BCUT2D eigenvalue weighted by Gasteiger charge is 2.17. The summed E-state index contributed by atoms with van der Waals surface area (Å²) >= 11 is 8.75. The Hall–Kier alpha value is -1.24. The van der Waals surface area contributed by atoms with E-state index >= 15 is 0 Å². The summed E-state index contributed by atoms with van der Waals surface area (Å²) in [5, 5.41) is -0.639. The first-order valence-corrected chi connectivity index (χ1v) is 7.23. The van der Waals surface area contributed by atoms with Gasteiger partial charge in [0, 0.05) is 19.3 Å². The lowest BCUT2D eigenvalue weighted by Gasteiger charge is -2.25. The number of hydrogen-bond donors (Lipinski definition) is 2. The third kappa shape index (κ3) is 7.36.